The van der Waals surface area contributed by atoms with Crippen molar-refractivity contribution in [3.8, 4) is 17.4 Å². The van der Waals surface area contributed by atoms with Gasteiger partial charge >= 0.3 is 18.3 Å². The summed E-state index contributed by atoms with van der Waals surface area (Å²) in [5.74, 6) is -5.65. The lowest BCUT2D eigenvalue weighted by Crippen LogP contribution is -2.41. The predicted molar refractivity (Wildman–Crippen MR) is 172 cm³/mol. The second kappa shape index (κ2) is 17.3. The standard InChI is InChI=1S/C34H35F5O9S/c1-3-10-24-27(15-14-22(20(2)40)31(24)43)46-16-9-7-5-4-6-8-11-29(26(42)19-33(35,36)34(37,38)39)49-21-12-13-23-25(41)18-30(48-32(44)45)47-28(23)17-21/h4,6,8,11-15,17-18,26,29,42-43H,3,5,7,9-10,16,19H2,1-2H3,(H,44,45)/b6-4-,11-8+/t26-,29+/m1/s1. The molecule has 0 spiro atoms. The highest BCUT2D eigenvalue weighted by molar-refractivity contribution is 8.00. The van der Waals surface area contributed by atoms with Gasteiger partial charge in [0.1, 0.15) is 17.1 Å². The van der Waals surface area contributed by atoms with Gasteiger partial charge in [0, 0.05) is 16.9 Å². The molecule has 3 aromatic rings. The number of ether oxygens (including phenoxy) is 2. The molecule has 1 heterocycles. The SMILES string of the molecule is CCCc1c(OCCCC/C=C\C=C\[C@H](Sc2ccc3c(=O)cc(OC(=O)O)oc3c2)[C@H](O)CC(F)(F)C(F)(F)F)ccc(C(C)=O)c1O. The van der Waals surface area contributed by atoms with Crippen LogP contribution in [0.15, 0.2) is 74.8 Å². The quantitative estimate of drug-likeness (QED) is 0.0311. The van der Waals surface area contributed by atoms with Gasteiger partial charge in [0.05, 0.1) is 35.0 Å². The van der Waals surface area contributed by atoms with E-state index in [0.717, 1.165) is 24.2 Å². The van der Waals surface area contributed by atoms with Gasteiger partial charge in [-0.2, -0.15) is 22.0 Å². The highest BCUT2D eigenvalue weighted by Crippen LogP contribution is 2.41. The molecule has 0 saturated carbocycles. The lowest BCUT2D eigenvalue weighted by molar-refractivity contribution is -0.289. The molecule has 266 valence electrons. The number of unbranched alkanes of at least 4 members (excludes halogenated alkanes) is 2. The summed E-state index contributed by atoms with van der Waals surface area (Å²) < 4.78 is 81.8. The number of Topliss-reactive ketones (excluding diaryl/α,β-unsaturated/α-hetero) is 1. The van der Waals surface area contributed by atoms with Crippen LogP contribution in [0.4, 0.5) is 26.7 Å². The molecule has 0 radical (unpaired) electrons. The number of allylic oxidation sites excluding steroid dienone is 3. The maximum Gasteiger partial charge on any atom is 0.513 e. The van der Waals surface area contributed by atoms with Crippen molar-refractivity contribution >= 4 is 34.7 Å². The predicted octanol–water partition coefficient (Wildman–Crippen LogP) is 8.48. The number of carbonyl (C=O) groups excluding carboxylic acids is 1. The summed E-state index contributed by atoms with van der Waals surface area (Å²) in [6.07, 6.45) is -2.63. The van der Waals surface area contributed by atoms with Crippen molar-refractivity contribution in [1.29, 1.82) is 0 Å². The fraction of sp³-hybridized carbons (Fsp3) is 0.382. The van der Waals surface area contributed by atoms with E-state index in [9.17, 15) is 46.5 Å². The maximum absolute atomic E-state index is 13.8. The zero-order chi connectivity index (χ0) is 36.4. The van der Waals surface area contributed by atoms with Crippen molar-refractivity contribution in [2.75, 3.05) is 6.61 Å². The topological polar surface area (TPSA) is 144 Å². The second-order valence-corrected chi connectivity index (χ2v) is 12.2. The summed E-state index contributed by atoms with van der Waals surface area (Å²) in [7, 11) is 0. The van der Waals surface area contributed by atoms with Crippen molar-refractivity contribution in [2.45, 2.75) is 80.7 Å². The third kappa shape index (κ3) is 11.1. The first-order valence-corrected chi connectivity index (χ1v) is 16.0. The molecule has 0 saturated heterocycles. The number of halogens is 5. The van der Waals surface area contributed by atoms with E-state index in [1.807, 2.05) is 6.92 Å². The van der Waals surface area contributed by atoms with Crippen LogP contribution in [-0.4, -0.2) is 57.3 Å². The van der Waals surface area contributed by atoms with Crippen molar-refractivity contribution in [3.05, 3.63) is 82.1 Å². The Morgan fingerprint density at radius 1 is 1.06 bits per heavy atom. The summed E-state index contributed by atoms with van der Waals surface area (Å²) in [5, 5.41) is 28.5. The first-order valence-electron chi connectivity index (χ1n) is 15.1. The van der Waals surface area contributed by atoms with Gasteiger partial charge in [0.2, 0.25) is 0 Å². The molecule has 0 aliphatic heterocycles. The number of aliphatic hydroxyl groups excluding tert-OH is 1. The monoisotopic (exact) mass is 714 g/mol. The van der Waals surface area contributed by atoms with Gasteiger partial charge in [0.25, 0.3) is 5.95 Å². The third-order valence-electron chi connectivity index (χ3n) is 7.09. The highest BCUT2D eigenvalue weighted by atomic mass is 32.2. The molecule has 1 aromatic heterocycles. The van der Waals surface area contributed by atoms with E-state index in [1.54, 1.807) is 18.2 Å². The number of phenolic OH excluding ortho intramolecular Hbond substituents is 1. The van der Waals surface area contributed by atoms with Crippen molar-refractivity contribution in [3.63, 3.8) is 0 Å². The Balaban J connectivity index is 1.67. The number of benzene rings is 2. The molecule has 2 aromatic carbocycles. The van der Waals surface area contributed by atoms with Crippen LogP contribution >= 0.6 is 11.8 Å². The van der Waals surface area contributed by atoms with E-state index in [-0.39, 0.29) is 33.0 Å². The summed E-state index contributed by atoms with van der Waals surface area (Å²) >= 11 is 0.726. The fourth-order valence-electron chi connectivity index (χ4n) is 4.64. The summed E-state index contributed by atoms with van der Waals surface area (Å²) in [4.78, 5) is 35.1. The van der Waals surface area contributed by atoms with E-state index in [0.29, 0.717) is 43.6 Å². The lowest BCUT2D eigenvalue weighted by Gasteiger charge is -2.26. The van der Waals surface area contributed by atoms with Crippen LogP contribution < -0.4 is 14.9 Å². The molecular weight excluding hydrogens is 679 g/mol. The molecule has 9 nitrogen and oxygen atoms in total. The molecule has 0 amide bonds. The number of alkyl halides is 5. The largest absolute Gasteiger partial charge is 0.513 e. The van der Waals surface area contributed by atoms with Crippen molar-refractivity contribution in [1.82, 2.24) is 0 Å². The molecule has 49 heavy (non-hydrogen) atoms. The van der Waals surface area contributed by atoms with Gasteiger partial charge in [0.15, 0.2) is 11.2 Å². The van der Waals surface area contributed by atoms with Crippen LogP contribution in [0.25, 0.3) is 11.0 Å². The Hall–Kier alpha value is -4.37. The number of thioether (sulfide) groups is 1. The number of fused-ring (bicyclic) bond motifs is 1. The van der Waals surface area contributed by atoms with Gasteiger partial charge in [-0.15, -0.1) is 11.8 Å². The van der Waals surface area contributed by atoms with E-state index < -0.39 is 47.4 Å². The number of phenols is 1. The molecule has 2 atom stereocenters. The summed E-state index contributed by atoms with van der Waals surface area (Å²) in [6.45, 7) is 3.63. The molecule has 3 N–H and O–H groups in total. The molecule has 0 fully saturated rings. The number of hydrogen-bond donors (Lipinski definition) is 3. The smallest absolute Gasteiger partial charge is 0.507 e. The minimum atomic E-state index is -5.88. The van der Waals surface area contributed by atoms with Crippen LogP contribution in [0.3, 0.4) is 0 Å². The third-order valence-corrected chi connectivity index (χ3v) is 8.36. The van der Waals surface area contributed by atoms with Gasteiger partial charge in [-0.25, -0.2) is 4.79 Å². The van der Waals surface area contributed by atoms with E-state index in [1.165, 1.54) is 43.3 Å². The zero-order valence-electron chi connectivity index (χ0n) is 26.5. The Kier molecular flexibility index (Phi) is 13.8. The van der Waals surface area contributed by atoms with E-state index in [2.05, 4.69) is 4.74 Å². The highest BCUT2D eigenvalue weighted by Gasteiger charge is 2.58. The maximum atomic E-state index is 13.8. The second-order valence-electron chi connectivity index (χ2n) is 10.9. The molecular formula is C34H35F5O9S. The van der Waals surface area contributed by atoms with E-state index >= 15 is 0 Å². The number of ketones is 1. The number of carboxylic acid groups (broad SMARTS) is 1. The van der Waals surface area contributed by atoms with Gasteiger partial charge in [-0.3, -0.25) is 9.59 Å². The molecule has 3 rings (SSSR count). The Labute approximate surface area is 282 Å². The average Bonchev–Trinajstić information content (AvgIpc) is 2.99. The molecule has 15 heteroatoms. The van der Waals surface area contributed by atoms with Crippen molar-refractivity contribution in [2.24, 2.45) is 0 Å². The minimum Gasteiger partial charge on any atom is -0.507 e. The van der Waals surface area contributed by atoms with Crippen LogP contribution in [0.5, 0.6) is 17.4 Å². The van der Waals surface area contributed by atoms with Crippen LogP contribution in [-0.2, 0) is 6.42 Å². The lowest BCUT2D eigenvalue weighted by atomic mass is 10.0. The normalized spacial score (nSPS) is 13.6. The minimum absolute atomic E-state index is 0.0251. The van der Waals surface area contributed by atoms with Crippen molar-refractivity contribution < 1.29 is 60.8 Å². The van der Waals surface area contributed by atoms with E-state index in [4.69, 9.17) is 14.3 Å². The molecule has 0 bridgehead atoms. The molecule has 0 unspecified atom stereocenters. The summed E-state index contributed by atoms with van der Waals surface area (Å²) in [6, 6.07) is 7.88. The number of aliphatic hydroxyl groups is 1. The number of aromatic hydroxyl groups is 1. The molecule has 0 aliphatic carbocycles. The zero-order valence-corrected chi connectivity index (χ0v) is 27.3. The number of rotatable bonds is 17. The number of carbonyl (C=O) groups is 2. The first-order chi connectivity index (χ1) is 23.0. The Bertz CT molecular complexity index is 1730. The van der Waals surface area contributed by atoms with Crippen LogP contribution in [0, 0.1) is 0 Å². The van der Waals surface area contributed by atoms with Gasteiger partial charge in [-0.1, -0.05) is 37.6 Å². The first kappa shape index (κ1) is 39.1. The average molecular weight is 715 g/mol. The van der Waals surface area contributed by atoms with Gasteiger partial charge < -0.3 is 29.2 Å². The Morgan fingerprint density at radius 3 is 2.45 bits per heavy atom. The van der Waals surface area contributed by atoms with Crippen LogP contribution in [0.2, 0.25) is 0 Å². The molecule has 0 aliphatic rings. The van der Waals surface area contributed by atoms with Crippen LogP contribution in [0.1, 0.15) is 61.9 Å². The number of hydrogen-bond acceptors (Lipinski definition) is 9. The Morgan fingerprint density at radius 2 is 1.80 bits per heavy atom. The fourth-order valence-corrected chi connectivity index (χ4v) is 5.70. The summed E-state index contributed by atoms with van der Waals surface area (Å²) in [5.41, 5.74) is 0.00868. The van der Waals surface area contributed by atoms with Gasteiger partial charge in [-0.05, 0) is 62.9 Å².